The van der Waals surface area contributed by atoms with Crippen LogP contribution in [-0.2, 0) is 19.6 Å². The largest absolute Gasteiger partial charge is 0.342 e. The molecular formula is C16H27N3O4S. The molecule has 3 fully saturated rings. The molecule has 0 radical (unpaired) electrons. The lowest BCUT2D eigenvalue weighted by Crippen LogP contribution is -2.58. The average molecular weight is 357 g/mol. The van der Waals surface area contributed by atoms with Gasteiger partial charge in [-0.2, -0.15) is 0 Å². The molecule has 8 heteroatoms. The summed E-state index contributed by atoms with van der Waals surface area (Å²) in [4.78, 5) is 28.3. The van der Waals surface area contributed by atoms with E-state index in [2.05, 4.69) is 0 Å². The van der Waals surface area contributed by atoms with E-state index in [4.69, 9.17) is 0 Å². The quantitative estimate of drug-likeness (QED) is 0.719. The molecule has 0 aromatic heterocycles. The number of sulfonamides is 1. The predicted molar refractivity (Wildman–Crippen MR) is 89.6 cm³/mol. The number of amides is 2. The third-order valence-electron chi connectivity index (χ3n) is 6.24. The molecule has 24 heavy (non-hydrogen) atoms. The van der Waals surface area contributed by atoms with Gasteiger partial charge in [-0.1, -0.05) is 0 Å². The molecule has 0 saturated carbocycles. The Bertz CT molecular complexity index is 640. The molecule has 3 heterocycles. The van der Waals surface area contributed by atoms with Crippen LogP contribution in [0.25, 0.3) is 0 Å². The predicted octanol–water partition coefficient (Wildman–Crippen LogP) is 0.127. The lowest BCUT2D eigenvalue weighted by molar-refractivity contribution is -0.136. The van der Waals surface area contributed by atoms with Gasteiger partial charge in [0.15, 0.2) is 0 Å². The van der Waals surface area contributed by atoms with Crippen molar-refractivity contribution >= 4 is 21.8 Å². The van der Waals surface area contributed by atoms with Crippen LogP contribution in [0.4, 0.5) is 0 Å². The fourth-order valence-corrected chi connectivity index (χ4v) is 6.03. The highest BCUT2D eigenvalue weighted by Crippen LogP contribution is 2.49. The van der Waals surface area contributed by atoms with Crippen molar-refractivity contribution in [2.45, 2.75) is 39.2 Å². The number of carbonyl (C=O) groups excluding carboxylic acids is 2. The third kappa shape index (κ3) is 2.45. The molecule has 0 unspecified atom stereocenters. The standard InChI is InChI=1S/C16H27N3O4S/c1-4-19-15(21)13-10-17(12(3)20)11-14(13)16(19)6-8-18(9-7-16)24(22,23)5-2/h13-14H,4-11H2,1-3H3/t13-,14+/m1/s1. The van der Waals surface area contributed by atoms with Crippen molar-refractivity contribution in [2.75, 3.05) is 38.5 Å². The van der Waals surface area contributed by atoms with E-state index in [1.54, 1.807) is 23.1 Å². The molecule has 1 spiro atoms. The Morgan fingerprint density at radius 1 is 1.21 bits per heavy atom. The van der Waals surface area contributed by atoms with Crippen molar-refractivity contribution in [1.29, 1.82) is 0 Å². The molecule has 2 atom stereocenters. The highest BCUT2D eigenvalue weighted by atomic mass is 32.2. The zero-order valence-electron chi connectivity index (χ0n) is 14.7. The number of hydrogen-bond acceptors (Lipinski definition) is 4. The minimum absolute atomic E-state index is 0.0152. The summed E-state index contributed by atoms with van der Waals surface area (Å²) in [5.41, 5.74) is -0.291. The summed E-state index contributed by atoms with van der Waals surface area (Å²) >= 11 is 0. The molecule has 0 aromatic rings. The van der Waals surface area contributed by atoms with Crippen LogP contribution in [0.5, 0.6) is 0 Å². The van der Waals surface area contributed by atoms with Crippen molar-refractivity contribution in [3.05, 3.63) is 0 Å². The summed E-state index contributed by atoms with van der Waals surface area (Å²) in [5.74, 6) is 0.267. The van der Waals surface area contributed by atoms with Gasteiger partial charge in [0.2, 0.25) is 21.8 Å². The van der Waals surface area contributed by atoms with Gasteiger partial charge in [0, 0.05) is 45.6 Å². The maximum Gasteiger partial charge on any atom is 0.228 e. The van der Waals surface area contributed by atoms with Crippen LogP contribution in [0.15, 0.2) is 0 Å². The minimum atomic E-state index is -3.19. The van der Waals surface area contributed by atoms with Gasteiger partial charge < -0.3 is 9.80 Å². The first kappa shape index (κ1) is 17.7. The Hall–Kier alpha value is -1.15. The molecular weight excluding hydrogens is 330 g/mol. The summed E-state index contributed by atoms with van der Waals surface area (Å²) in [7, 11) is -3.19. The number of carbonyl (C=O) groups is 2. The second-order valence-corrected chi connectivity index (χ2v) is 9.38. The SMILES string of the molecule is CCN1C(=O)[C@@H]2CN(C(C)=O)C[C@@H]2C12CCN(S(=O)(=O)CC)CC2. The lowest BCUT2D eigenvalue weighted by atomic mass is 9.75. The van der Waals surface area contributed by atoms with Gasteiger partial charge in [-0.05, 0) is 26.7 Å². The highest BCUT2D eigenvalue weighted by molar-refractivity contribution is 7.89. The smallest absolute Gasteiger partial charge is 0.228 e. The lowest BCUT2D eigenvalue weighted by Gasteiger charge is -2.47. The van der Waals surface area contributed by atoms with Crippen LogP contribution in [0.3, 0.4) is 0 Å². The van der Waals surface area contributed by atoms with Gasteiger partial charge in [0.25, 0.3) is 0 Å². The molecule has 0 N–H and O–H groups in total. The van der Waals surface area contributed by atoms with Gasteiger partial charge in [0.1, 0.15) is 0 Å². The van der Waals surface area contributed by atoms with Crippen molar-refractivity contribution < 1.29 is 18.0 Å². The first-order valence-electron chi connectivity index (χ1n) is 8.81. The molecule has 3 saturated heterocycles. The monoisotopic (exact) mass is 357 g/mol. The normalized spacial score (nSPS) is 30.2. The van der Waals surface area contributed by atoms with Gasteiger partial charge >= 0.3 is 0 Å². The van der Waals surface area contributed by atoms with Gasteiger partial charge in [-0.15, -0.1) is 0 Å². The van der Waals surface area contributed by atoms with Crippen LogP contribution < -0.4 is 0 Å². The Morgan fingerprint density at radius 2 is 1.83 bits per heavy atom. The van der Waals surface area contributed by atoms with E-state index < -0.39 is 10.0 Å². The summed E-state index contributed by atoms with van der Waals surface area (Å²) < 4.78 is 25.8. The Labute approximate surface area is 144 Å². The molecule has 136 valence electrons. The summed E-state index contributed by atoms with van der Waals surface area (Å²) in [6, 6.07) is 0. The topological polar surface area (TPSA) is 78.0 Å². The van der Waals surface area contributed by atoms with E-state index >= 15 is 0 Å². The first-order chi connectivity index (χ1) is 11.3. The first-order valence-corrected chi connectivity index (χ1v) is 10.4. The van der Waals surface area contributed by atoms with Gasteiger partial charge in [-0.3, -0.25) is 9.59 Å². The van der Waals surface area contributed by atoms with Gasteiger partial charge in [0.05, 0.1) is 17.2 Å². The maximum absolute atomic E-state index is 12.9. The fourth-order valence-electron chi connectivity index (χ4n) is 4.92. The van der Waals surface area contributed by atoms with Crippen molar-refractivity contribution in [2.24, 2.45) is 11.8 Å². The third-order valence-corrected chi connectivity index (χ3v) is 8.12. The molecule has 0 aromatic carbocycles. The molecule has 2 amide bonds. The minimum Gasteiger partial charge on any atom is -0.342 e. The van der Waals surface area contributed by atoms with Crippen molar-refractivity contribution in [3.8, 4) is 0 Å². The van der Waals surface area contributed by atoms with E-state index in [1.807, 2.05) is 11.8 Å². The maximum atomic E-state index is 12.9. The number of hydrogen-bond donors (Lipinski definition) is 0. The number of piperidine rings is 1. The number of fused-ring (bicyclic) bond motifs is 2. The fraction of sp³-hybridized carbons (Fsp3) is 0.875. The Kier molecular flexibility index (Phi) is 4.40. The second-order valence-electron chi connectivity index (χ2n) is 7.12. The van der Waals surface area contributed by atoms with E-state index in [1.165, 1.54) is 0 Å². The van der Waals surface area contributed by atoms with E-state index in [9.17, 15) is 18.0 Å². The van der Waals surface area contributed by atoms with Crippen LogP contribution in [0, 0.1) is 11.8 Å². The Morgan fingerprint density at radius 3 is 2.33 bits per heavy atom. The number of rotatable bonds is 3. The van der Waals surface area contributed by atoms with E-state index in [-0.39, 0.29) is 34.9 Å². The highest BCUT2D eigenvalue weighted by Gasteiger charge is 2.61. The second kappa shape index (κ2) is 5.98. The van der Waals surface area contributed by atoms with Crippen LogP contribution in [0.2, 0.25) is 0 Å². The zero-order valence-corrected chi connectivity index (χ0v) is 15.5. The zero-order chi connectivity index (χ0) is 17.7. The van der Waals surface area contributed by atoms with Crippen molar-refractivity contribution in [3.63, 3.8) is 0 Å². The molecule has 7 nitrogen and oxygen atoms in total. The average Bonchev–Trinajstić information content (AvgIpc) is 3.08. The van der Waals surface area contributed by atoms with Crippen LogP contribution in [0.1, 0.15) is 33.6 Å². The van der Waals surface area contributed by atoms with Gasteiger partial charge in [-0.25, -0.2) is 12.7 Å². The molecule has 3 rings (SSSR count). The van der Waals surface area contributed by atoms with Crippen LogP contribution in [-0.4, -0.2) is 78.4 Å². The molecule has 3 aliphatic heterocycles. The Balaban J connectivity index is 1.86. The summed E-state index contributed by atoms with van der Waals surface area (Å²) in [6.45, 7) is 7.88. The summed E-state index contributed by atoms with van der Waals surface area (Å²) in [5, 5.41) is 0. The number of likely N-dealkylation sites (tertiary alicyclic amines) is 2. The van der Waals surface area contributed by atoms with E-state index in [0.29, 0.717) is 45.6 Å². The molecule has 3 aliphatic rings. The van der Waals surface area contributed by atoms with Crippen LogP contribution >= 0.6 is 0 Å². The summed E-state index contributed by atoms with van der Waals surface area (Å²) in [6.07, 6.45) is 1.33. The number of nitrogens with zero attached hydrogens (tertiary/aromatic N) is 3. The molecule has 0 aliphatic carbocycles. The molecule has 0 bridgehead atoms. The van der Waals surface area contributed by atoms with E-state index in [0.717, 1.165) is 0 Å². The van der Waals surface area contributed by atoms with Crippen molar-refractivity contribution in [1.82, 2.24) is 14.1 Å².